The predicted molar refractivity (Wildman–Crippen MR) is 99.3 cm³/mol. The highest BCUT2D eigenvalue weighted by atomic mass is 32.2. The molecule has 3 N–H and O–H groups in total. The van der Waals surface area contributed by atoms with E-state index in [0.29, 0.717) is 11.9 Å². The molecule has 2 aromatic rings. The van der Waals surface area contributed by atoms with Gasteiger partial charge in [0.05, 0.1) is 4.90 Å². The van der Waals surface area contributed by atoms with E-state index in [0.717, 1.165) is 5.56 Å². The summed E-state index contributed by atoms with van der Waals surface area (Å²) in [5.74, 6) is 0.561. The summed E-state index contributed by atoms with van der Waals surface area (Å²) in [5, 5.41) is 6.11. The Morgan fingerprint density at radius 1 is 0.800 bits per heavy atom. The Balaban J connectivity index is 2.34. The van der Waals surface area contributed by atoms with Crippen molar-refractivity contribution in [3.05, 3.63) is 29.8 Å². The van der Waals surface area contributed by atoms with Gasteiger partial charge in [-0.15, -0.1) is 0 Å². The molecular formula is C16H24N6O2S. The lowest BCUT2D eigenvalue weighted by atomic mass is 10.2. The largest absolute Gasteiger partial charge is 0.352 e. The lowest BCUT2D eigenvalue weighted by Gasteiger charge is -2.14. The van der Waals surface area contributed by atoms with Gasteiger partial charge in [-0.25, -0.2) is 13.1 Å². The molecule has 0 radical (unpaired) electrons. The van der Waals surface area contributed by atoms with E-state index >= 15 is 0 Å². The van der Waals surface area contributed by atoms with Crippen molar-refractivity contribution in [3.63, 3.8) is 0 Å². The Bertz CT molecular complexity index is 791. The van der Waals surface area contributed by atoms with Crippen LogP contribution in [0.5, 0.6) is 0 Å². The van der Waals surface area contributed by atoms with Crippen LogP contribution in [0.15, 0.2) is 29.2 Å². The Kier molecular flexibility index (Phi) is 5.78. The van der Waals surface area contributed by atoms with E-state index < -0.39 is 10.0 Å². The molecule has 9 heteroatoms. The maximum atomic E-state index is 12.5. The minimum Gasteiger partial charge on any atom is -0.352 e. The second-order valence-corrected chi connectivity index (χ2v) is 8.01. The lowest BCUT2D eigenvalue weighted by Crippen LogP contribution is -2.20. The van der Waals surface area contributed by atoms with Gasteiger partial charge in [-0.05, 0) is 46.8 Å². The Hall–Kier alpha value is -2.42. The van der Waals surface area contributed by atoms with Gasteiger partial charge in [0.2, 0.25) is 17.8 Å². The molecule has 8 nitrogen and oxygen atoms in total. The summed E-state index contributed by atoms with van der Waals surface area (Å²) < 4.78 is 27.5. The molecule has 2 rings (SSSR count). The van der Waals surface area contributed by atoms with E-state index in [1.54, 1.807) is 24.3 Å². The third-order valence-corrected chi connectivity index (χ3v) is 4.37. The van der Waals surface area contributed by atoms with Crippen LogP contribution < -0.4 is 15.4 Å². The molecule has 136 valence electrons. The summed E-state index contributed by atoms with van der Waals surface area (Å²) in [6.07, 6.45) is 0. The molecule has 0 aliphatic heterocycles. The zero-order valence-corrected chi connectivity index (χ0v) is 15.8. The zero-order valence-electron chi connectivity index (χ0n) is 15.0. The molecule has 1 aromatic heterocycles. The molecule has 1 heterocycles. The van der Waals surface area contributed by atoms with Gasteiger partial charge in [-0.1, -0.05) is 17.7 Å². The maximum absolute atomic E-state index is 12.5. The van der Waals surface area contributed by atoms with Crippen molar-refractivity contribution in [1.29, 1.82) is 0 Å². The van der Waals surface area contributed by atoms with Gasteiger partial charge in [-0.2, -0.15) is 15.0 Å². The van der Waals surface area contributed by atoms with Crippen molar-refractivity contribution in [1.82, 2.24) is 15.0 Å². The van der Waals surface area contributed by atoms with Crippen molar-refractivity contribution < 1.29 is 8.42 Å². The van der Waals surface area contributed by atoms with Gasteiger partial charge in [-0.3, -0.25) is 0 Å². The van der Waals surface area contributed by atoms with Crippen LogP contribution in [-0.2, 0) is 10.0 Å². The van der Waals surface area contributed by atoms with Crippen LogP contribution in [0.4, 0.5) is 17.8 Å². The second-order valence-electron chi connectivity index (χ2n) is 6.32. The number of benzene rings is 1. The van der Waals surface area contributed by atoms with Crippen LogP contribution in [0.1, 0.15) is 33.3 Å². The van der Waals surface area contributed by atoms with Crippen molar-refractivity contribution in [2.75, 3.05) is 15.4 Å². The number of aryl methyl sites for hydroxylation is 1. The first-order chi connectivity index (χ1) is 11.7. The first kappa shape index (κ1) is 18.9. The minimum absolute atomic E-state index is 0.0399. The summed E-state index contributed by atoms with van der Waals surface area (Å²) in [4.78, 5) is 12.7. The number of hydrogen-bond acceptors (Lipinski definition) is 7. The number of hydrogen-bond donors (Lipinski definition) is 3. The van der Waals surface area contributed by atoms with E-state index in [1.165, 1.54) is 0 Å². The second kappa shape index (κ2) is 7.64. The number of nitrogens with one attached hydrogen (secondary N) is 3. The molecule has 1 aromatic carbocycles. The van der Waals surface area contributed by atoms with E-state index in [9.17, 15) is 8.42 Å². The SMILES string of the molecule is Cc1ccc(S(=O)(=O)Nc2nc(NC(C)C)nc(NC(C)C)n2)cc1. The molecule has 0 atom stereocenters. The fourth-order valence-corrected chi connectivity index (χ4v) is 2.91. The molecule has 0 aliphatic carbocycles. The van der Waals surface area contributed by atoms with E-state index in [1.807, 2.05) is 34.6 Å². The van der Waals surface area contributed by atoms with Crippen molar-refractivity contribution in [3.8, 4) is 0 Å². The highest BCUT2D eigenvalue weighted by Gasteiger charge is 2.17. The Labute approximate surface area is 148 Å². The van der Waals surface area contributed by atoms with Gasteiger partial charge in [0.25, 0.3) is 10.0 Å². The molecule has 0 fully saturated rings. The van der Waals surface area contributed by atoms with E-state index in [2.05, 4.69) is 30.3 Å². The molecule has 0 unspecified atom stereocenters. The van der Waals surface area contributed by atoms with Crippen molar-refractivity contribution in [2.45, 2.75) is 51.6 Å². The molecule has 25 heavy (non-hydrogen) atoms. The third kappa shape index (κ3) is 5.56. The van der Waals surface area contributed by atoms with E-state index in [-0.39, 0.29) is 22.9 Å². The van der Waals surface area contributed by atoms with Gasteiger partial charge in [0.1, 0.15) is 0 Å². The topological polar surface area (TPSA) is 109 Å². The molecular weight excluding hydrogens is 340 g/mol. The lowest BCUT2D eigenvalue weighted by molar-refractivity contribution is 0.601. The molecule has 0 spiro atoms. The highest BCUT2D eigenvalue weighted by molar-refractivity contribution is 7.92. The number of anilines is 3. The van der Waals surface area contributed by atoms with Crippen LogP contribution in [0.2, 0.25) is 0 Å². The predicted octanol–water partition coefficient (Wildman–Crippen LogP) is 2.62. The summed E-state index contributed by atoms with van der Waals surface area (Å²) in [6.45, 7) is 9.65. The van der Waals surface area contributed by atoms with Gasteiger partial charge in [0.15, 0.2) is 0 Å². The molecule has 0 saturated heterocycles. The zero-order chi connectivity index (χ0) is 18.6. The first-order valence-corrected chi connectivity index (χ1v) is 9.52. The standard InChI is InChI=1S/C16H24N6O2S/c1-10(2)17-14-19-15(18-11(3)4)21-16(20-14)22-25(23,24)13-8-6-12(5)7-9-13/h6-11H,1-5H3,(H3,17,18,19,20,21,22). The molecule has 0 saturated carbocycles. The summed E-state index contributed by atoms with van der Waals surface area (Å²) in [5.41, 5.74) is 0.978. The summed E-state index contributed by atoms with van der Waals surface area (Å²) in [7, 11) is -3.78. The normalized spacial score (nSPS) is 11.6. The number of nitrogens with zero attached hydrogens (tertiary/aromatic N) is 3. The van der Waals surface area contributed by atoms with Crippen LogP contribution in [-0.4, -0.2) is 35.5 Å². The molecule has 0 aliphatic rings. The quantitative estimate of drug-likeness (QED) is 0.693. The summed E-state index contributed by atoms with van der Waals surface area (Å²) in [6, 6.07) is 6.74. The number of sulfonamides is 1. The van der Waals surface area contributed by atoms with Crippen LogP contribution >= 0.6 is 0 Å². The number of rotatable bonds is 7. The Morgan fingerprint density at radius 2 is 1.24 bits per heavy atom. The Morgan fingerprint density at radius 3 is 1.68 bits per heavy atom. The van der Waals surface area contributed by atoms with Gasteiger partial charge < -0.3 is 10.6 Å². The average Bonchev–Trinajstić information content (AvgIpc) is 2.45. The van der Waals surface area contributed by atoms with Crippen LogP contribution in [0.25, 0.3) is 0 Å². The third-order valence-electron chi connectivity index (χ3n) is 3.03. The fraction of sp³-hybridized carbons (Fsp3) is 0.438. The summed E-state index contributed by atoms with van der Waals surface area (Å²) >= 11 is 0. The van der Waals surface area contributed by atoms with Gasteiger partial charge >= 0.3 is 0 Å². The van der Waals surface area contributed by atoms with Gasteiger partial charge in [0, 0.05) is 12.1 Å². The molecule has 0 bridgehead atoms. The average molecular weight is 364 g/mol. The maximum Gasteiger partial charge on any atom is 0.264 e. The minimum atomic E-state index is -3.78. The van der Waals surface area contributed by atoms with Crippen LogP contribution in [0, 0.1) is 6.92 Å². The number of aromatic nitrogens is 3. The smallest absolute Gasteiger partial charge is 0.264 e. The van der Waals surface area contributed by atoms with Crippen molar-refractivity contribution >= 4 is 27.9 Å². The monoisotopic (exact) mass is 364 g/mol. The highest BCUT2D eigenvalue weighted by Crippen LogP contribution is 2.17. The molecule has 0 amide bonds. The van der Waals surface area contributed by atoms with Crippen LogP contribution in [0.3, 0.4) is 0 Å². The fourth-order valence-electron chi connectivity index (χ4n) is 1.96. The van der Waals surface area contributed by atoms with Crippen molar-refractivity contribution in [2.24, 2.45) is 0 Å². The van der Waals surface area contributed by atoms with E-state index in [4.69, 9.17) is 0 Å². The first-order valence-electron chi connectivity index (χ1n) is 8.04.